The molecule has 10 heteroatoms. The van der Waals surface area contributed by atoms with Crippen molar-refractivity contribution in [2.24, 2.45) is 4.99 Å². The highest BCUT2D eigenvalue weighted by atomic mass is 19.4. The average Bonchev–Trinajstić information content (AvgIpc) is 2.98. The fourth-order valence-electron chi connectivity index (χ4n) is 2.92. The zero-order chi connectivity index (χ0) is 21.2. The Bertz CT molecular complexity index is 906. The number of ether oxygens (including phenoxy) is 1. The van der Waals surface area contributed by atoms with Gasteiger partial charge in [0.25, 0.3) is 0 Å². The molecule has 7 nitrogen and oxygen atoms in total. The molecule has 2 aromatic heterocycles. The van der Waals surface area contributed by atoms with Gasteiger partial charge in [0.2, 0.25) is 11.8 Å². The molecule has 1 N–H and O–H groups in total. The summed E-state index contributed by atoms with van der Waals surface area (Å²) in [4.78, 5) is 10.5. The molecule has 0 saturated carbocycles. The first-order valence-corrected chi connectivity index (χ1v) is 8.99. The van der Waals surface area contributed by atoms with Gasteiger partial charge in [-0.1, -0.05) is 11.2 Å². The second-order valence-electron chi connectivity index (χ2n) is 6.76. The molecule has 3 heterocycles. The highest BCUT2D eigenvalue weighted by Crippen LogP contribution is 2.31. The van der Waals surface area contributed by atoms with Gasteiger partial charge in [-0.25, -0.2) is 9.98 Å². The van der Waals surface area contributed by atoms with E-state index in [0.717, 1.165) is 22.5 Å². The second kappa shape index (κ2) is 8.14. The molecule has 0 radical (unpaired) electrons. The lowest BCUT2D eigenvalue weighted by atomic mass is 10.1. The second-order valence-corrected chi connectivity index (χ2v) is 6.76. The largest absolute Gasteiger partial charge is 0.468 e. The molecule has 0 saturated heterocycles. The maximum atomic E-state index is 12.3. The van der Waals surface area contributed by atoms with Crippen molar-refractivity contribution in [2.75, 3.05) is 11.9 Å². The number of alkyl halides is 3. The minimum atomic E-state index is -4.41. The normalized spacial score (nSPS) is 17.8. The van der Waals surface area contributed by atoms with E-state index in [1.54, 1.807) is 12.3 Å². The van der Waals surface area contributed by atoms with E-state index in [0.29, 0.717) is 5.88 Å². The van der Waals surface area contributed by atoms with E-state index in [1.807, 2.05) is 38.7 Å². The molecule has 2 aromatic rings. The van der Waals surface area contributed by atoms with Gasteiger partial charge in [-0.2, -0.15) is 13.2 Å². The zero-order valence-corrected chi connectivity index (χ0v) is 16.5. The van der Waals surface area contributed by atoms with Gasteiger partial charge < -0.3 is 19.5 Å². The Hall–Kier alpha value is -3.04. The van der Waals surface area contributed by atoms with Crippen molar-refractivity contribution in [1.29, 1.82) is 0 Å². The minimum Gasteiger partial charge on any atom is -0.468 e. The van der Waals surface area contributed by atoms with Crippen molar-refractivity contribution in [3.8, 4) is 5.88 Å². The van der Waals surface area contributed by atoms with Crippen LogP contribution in [0.2, 0.25) is 0 Å². The Kier molecular flexibility index (Phi) is 5.81. The molecule has 1 aliphatic rings. The summed E-state index contributed by atoms with van der Waals surface area (Å²) in [5.41, 5.74) is 3.44. The Morgan fingerprint density at radius 1 is 1.28 bits per heavy atom. The lowest BCUT2D eigenvalue weighted by Gasteiger charge is -2.38. The van der Waals surface area contributed by atoms with Gasteiger partial charge in [-0.05, 0) is 39.3 Å². The third-order valence-electron chi connectivity index (χ3n) is 4.67. The Labute approximate surface area is 166 Å². The number of aliphatic imine (C=N–C) groups is 1. The molecule has 0 amide bonds. The first-order chi connectivity index (χ1) is 13.7. The number of anilines is 1. The van der Waals surface area contributed by atoms with Gasteiger partial charge in [0.15, 0.2) is 12.9 Å². The van der Waals surface area contributed by atoms with Gasteiger partial charge >= 0.3 is 6.18 Å². The van der Waals surface area contributed by atoms with Crippen LogP contribution >= 0.6 is 0 Å². The van der Waals surface area contributed by atoms with E-state index in [1.165, 1.54) is 12.3 Å². The lowest BCUT2D eigenvalue weighted by Crippen LogP contribution is -2.41. The molecule has 2 unspecified atom stereocenters. The van der Waals surface area contributed by atoms with Gasteiger partial charge in [-0.15, -0.1) is 0 Å². The van der Waals surface area contributed by atoms with E-state index in [9.17, 15) is 13.2 Å². The van der Waals surface area contributed by atoms with Gasteiger partial charge in [0.05, 0.1) is 11.7 Å². The fraction of sp³-hybridized carbons (Fsp3) is 0.421. The molecule has 0 bridgehead atoms. The van der Waals surface area contributed by atoms with Crippen LogP contribution in [0.3, 0.4) is 0 Å². The summed E-state index contributed by atoms with van der Waals surface area (Å²) < 4.78 is 46.9. The predicted molar refractivity (Wildman–Crippen MR) is 102 cm³/mol. The van der Waals surface area contributed by atoms with E-state index in [-0.39, 0.29) is 11.9 Å². The first kappa shape index (κ1) is 20.7. The SMILES string of the molecule is CC1=CC=NC(Nc2onc(C)c2C)N1C(C)c1ccc(OCC(F)(F)F)nc1. The minimum absolute atomic E-state index is 0.0790. The third-order valence-corrected chi connectivity index (χ3v) is 4.67. The lowest BCUT2D eigenvalue weighted by molar-refractivity contribution is -0.154. The van der Waals surface area contributed by atoms with Crippen LogP contribution in [0.25, 0.3) is 0 Å². The average molecular weight is 409 g/mol. The first-order valence-electron chi connectivity index (χ1n) is 8.99. The molecule has 3 rings (SSSR count). The summed E-state index contributed by atoms with van der Waals surface area (Å²) in [5, 5.41) is 7.18. The van der Waals surface area contributed by atoms with Crippen LogP contribution in [0.15, 0.2) is 39.6 Å². The summed E-state index contributed by atoms with van der Waals surface area (Å²) in [6, 6.07) is 2.95. The third kappa shape index (κ3) is 4.87. The molecule has 1 aliphatic heterocycles. The smallest absolute Gasteiger partial charge is 0.422 e. The topological polar surface area (TPSA) is 75.8 Å². The number of allylic oxidation sites excluding steroid dienone is 2. The molecule has 0 aliphatic carbocycles. The number of nitrogens with one attached hydrogen (secondary N) is 1. The van der Waals surface area contributed by atoms with Crippen LogP contribution in [0.4, 0.5) is 19.1 Å². The van der Waals surface area contributed by atoms with Gasteiger partial charge in [-0.3, -0.25) is 0 Å². The number of nitrogens with zero attached hydrogens (tertiary/aromatic N) is 4. The standard InChI is InChI=1S/C19H22F3N5O2/c1-11-7-8-23-18(25-17-12(2)13(3)26-29-17)27(11)14(4)15-5-6-16(24-9-15)28-10-19(20,21)22/h5-9,14,18,25H,10H2,1-4H3. The molecular weight excluding hydrogens is 387 g/mol. The Morgan fingerprint density at radius 2 is 2.03 bits per heavy atom. The van der Waals surface area contributed by atoms with E-state index < -0.39 is 19.1 Å². The zero-order valence-electron chi connectivity index (χ0n) is 16.5. The van der Waals surface area contributed by atoms with Crippen molar-refractivity contribution >= 4 is 12.1 Å². The summed E-state index contributed by atoms with van der Waals surface area (Å²) in [5.74, 6) is 0.454. The number of aryl methyl sites for hydroxylation is 1. The van der Waals surface area contributed by atoms with Crippen molar-refractivity contribution in [3.05, 3.63) is 46.9 Å². The molecular formula is C19H22F3N5O2. The number of halogens is 3. The van der Waals surface area contributed by atoms with Crippen LogP contribution < -0.4 is 10.1 Å². The molecule has 0 aromatic carbocycles. The highest BCUT2D eigenvalue weighted by Gasteiger charge is 2.29. The van der Waals surface area contributed by atoms with Crippen molar-refractivity contribution in [3.63, 3.8) is 0 Å². The summed E-state index contributed by atoms with van der Waals surface area (Å²) >= 11 is 0. The number of hydrogen-bond donors (Lipinski definition) is 1. The Morgan fingerprint density at radius 3 is 2.62 bits per heavy atom. The molecule has 0 fully saturated rings. The molecule has 156 valence electrons. The monoisotopic (exact) mass is 409 g/mol. The number of hydrogen-bond acceptors (Lipinski definition) is 7. The summed E-state index contributed by atoms with van der Waals surface area (Å²) in [6.07, 6.45) is 0.241. The van der Waals surface area contributed by atoms with Gasteiger partial charge in [0.1, 0.15) is 0 Å². The number of aromatic nitrogens is 2. The van der Waals surface area contributed by atoms with Crippen molar-refractivity contribution < 1.29 is 22.4 Å². The fourth-order valence-corrected chi connectivity index (χ4v) is 2.92. The van der Waals surface area contributed by atoms with Crippen LogP contribution in [-0.2, 0) is 0 Å². The van der Waals surface area contributed by atoms with E-state index in [2.05, 4.69) is 25.2 Å². The van der Waals surface area contributed by atoms with E-state index >= 15 is 0 Å². The number of pyridine rings is 1. The van der Waals surface area contributed by atoms with Crippen molar-refractivity contribution in [1.82, 2.24) is 15.0 Å². The summed E-state index contributed by atoms with van der Waals surface area (Å²) in [6.45, 7) is 6.29. The maximum Gasteiger partial charge on any atom is 0.422 e. The molecule has 2 atom stereocenters. The van der Waals surface area contributed by atoms with Crippen molar-refractivity contribution in [2.45, 2.75) is 46.2 Å². The number of rotatable bonds is 6. The van der Waals surface area contributed by atoms with Crippen LogP contribution in [0, 0.1) is 13.8 Å². The Balaban J connectivity index is 1.76. The molecule has 0 spiro atoms. The predicted octanol–water partition coefficient (Wildman–Crippen LogP) is 4.37. The maximum absolute atomic E-state index is 12.3. The summed E-state index contributed by atoms with van der Waals surface area (Å²) in [7, 11) is 0. The molecule has 29 heavy (non-hydrogen) atoms. The van der Waals surface area contributed by atoms with Crippen LogP contribution in [0.1, 0.15) is 36.7 Å². The van der Waals surface area contributed by atoms with E-state index in [4.69, 9.17) is 4.52 Å². The highest BCUT2D eigenvalue weighted by molar-refractivity contribution is 5.73. The van der Waals surface area contributed by atoms with Gasteiger partial charge in [0, 0.05) is 29.7 Å². The quantitative estimate of drug-likeness (QED) is 0.763. The van der Waals surface area contributed by atoms with Crippen LogP contribution in [-0.4, -0.2) is 40.3 Å². The van der Waals surface area contributed by atoms with Crippen LogP contribution in [0.5, 0.6) is 5.88 Å².